The van der Waals surface area contributed by atoms with Crippen LogP contribution in [-0.2, 0) is 38.1 Å². The number of Topliss-reactive ketones (excluding diaryl/α,β-unsaturated/α-hetero) is 1. The number of hydrogen-bond donors (Lipinski definition) is 1. The monoisotopic (exact) mass is 489 g/mol. The summed E-state index contributed by atoms with van der Waals surface area (Å²) in [4.78, 5) is 61.0. The molecule has 0 saturated carbocycles. The number of hydrogen-bond acceptors (Lipinski definition) is 9. The molecule has 1 atom stereocenters. The summed E-state index contributed by atoms with van der Waals surface area (Å²) >= 11 is 16.6. The molecule has 170 valence electrons. The van der Waals surface area contributed by atoms with E-state index in [9.17, 15) is 24.0 Å². The first-order valence-corrected chi connectivity index (χ1v) is 9.75. The first-order chi connectivity index (χ1) is 13.4. The smallest absolute Gasteiger partial charge is 0.408 e. The number of alkyl halides is 3. The molecule has 1 saturated heterocycles. The number of alkyl carbamates (subject to hydrolysis) is 1. The van der Waals surface area contributed by atoms with Gasteiger partial charge in [-0.25, -0.2) is 9.59 Å². The first-order valence-electron chi connectivity index (χ1n) is 8.61. The Hall–Kier alpha value is -1.78. The molecule has 1 amide bonds. The van der Waals surface area contributed by atoms with Crippen LogP contribution in [0.5, 0.6) is 0 Å². The Balaban J connectivity index is 2.96. The van der Waals surface area contributed by atoms with Crippen molar-refractivity contribution in [2.75, 3.05) is 6.61 Å². The Kier molecular flexibility index (Phi) is 8.38. The zero-order valence-corrected chi connectivity index (χ0v) is 19.1. The van der Waals surface area contributed by atoms with E-state index in [-0.39, 0.29) is 0 Å². The second-order valence-corrected chi connectivity index (χ2v) is 10.3. The number of cyclic esters (lactones) is 2. The summed E-state index contributed by atoms with van der Waals surface area (Å²) in [5.41, 5.74) is -0.914. The van der Waals surface area contributed by atoms with Gasteiger partial charge in [-0.3, -0.25) is 14.4 Å². The highest BCUT2D eigenvalue weighted by molar-refractivity contribution is 6.67. The highest BCUT2D eigenvalue weighted by Gasteiger charge is 2.48. The Morgan fingerprint density at radius 2 is 1.60 bits per heavy atom. The second kappa shape index (κ2) is 9.57. The molecule has 1 aliphatic rings. The van der Waals surface area contributed by atoms with E-state index in [2.05, 4.69) is 5.32 Å². The molecule has 13 heteroatoms. The fraction of sp³-hybridized carbons (Fsp3) is 0.706. The normalized spacial score (nSPS) is 18.0. The van der Waals surface area contributed by atoms with Crippen molar-refractivity contribution in [3.8, 4) is 0 Å². The number of amides is 1. The number of rotatable bonds is 6. The van der Waals surface area contributed by atoms with Crippen molar-refractivity contribution in [2.45, 2.75) is 62.3 Å². The lowest BCUT2D eigenvalue weighted by Gasteiger charge is -2.32. The average molecular weight is 491 g/mol. The SMILES string of the molecule is CC(C)(C)OC(=O)N[C@@H](CC(=O)C1C(=O)OC(C)(C)OC1=O)C(=O)OCC(Cl)(Cl)Cl. The molecule has 1 heterocycles. The average Bonchev–Trinajstić information content (AvgIpc) is 2.47. The minimum Gasteiger partial charge on any atom is -0.460 e. The standard InChI is InChI=1S/C17H22Cl3NO9/c1-15(2,3)30-14(26)21-8(11(23)27-7-17(18,19)20)6-9(22)10-12(24)28-16(4,5)29-13(10)25/h8,10H,6-7H2,1-5H3,(H,21,26)/t8-/m0/s1. The topological polar surface area (TPSA) is 134 Å². The molecule has 1 N–H and O–H groups in total. The van der Waals surface area contributed by atoms with Crippen LogP contribution in [0.3, 0.4) is 0 Å². The van der Waals surface area contributed by atoms with E-state index < -0.39 is 70.0 Å². The third-order valence-electron chi connectivity index (χ3n) is 3.25. The van der Waals surface area contributed by atoms with Crippen molar-refractivity contribution < 1.29 is 42.9 Å². The Morgan fingerprint density at radius 1 is 1.10 bits per heavy atom. The van der Waals surface area contributed by atoms with Crippen LogP contribution in [0.1, 0.15) is 41.0 Å². The fourth-order valence-electron chi connectivity index (χ4n) is 2.20. The molecule has 0 aromatic heterocycles. The van der Waals surface area contributed by atoms with Crippen LogP contribution >= 0.6 is 34.8 Å². The van der Waals surface area contributed by atoms with Gasteiger partial charge in [0.15, 0.2) is 5.78 Å². The van der Waals surface area contributed by atoms with Crippen molar-refractivity contribution in [1.29, 1.82) is 0 Å². The molecule has 10 nitrogen and oxygen atoms in total. The van der Waals surface area contributed by atoms with Gasteiger partial charge in [-0.2, -0.15) is 0 Å². The summed E-state index contributed by atoms with van der Waals surface area (Å²) in [7, 11) is 0. The highest BCUT2D eigenvalue weighted by atomic mass is 35.6. The molecule has 1 aliphatic heterocycles. The van der Waals surface area contributed by atoms with Gasteiger partial charge in [0.05, 0.1) is 0 Å². The van der Waals surface area contributed by atoms with Crippen LogP contribution in [0.15, 0.2) is 0 Å². The number of nitrogens with one attached hydrogen (secondary N) is 1. The third-order valence-corrected chi connectivity index (χ3v) is 3.57. The molecule has 1 rings (SSSR count). The summed E-state index contributed by atoms with van der Waals surface area (Å²) in [5.74, 6) is -7.96. The van der Waals surface area contributed by atoms with E-state index in [4.69, 9.17) is 53.8 Å². The maximum absolute atomic E-state index is 12.5. The zero-order chi connectivity index (χ0) is 23.5. The molecule has 0 radical (unpaired) electrons. The largest absolute Gasteiger partial charge is 0.460 e. The van der Waals surface area contributed by atoms with Gasteiger partial charge in [-0.05, 0) is 20.8 Å². The van der Waals surface area contributed by atoms with Gasteiger partial charge in [-0.1, -0.05) is 34.8 Å². The predicted molar refractivity (Wildman–Crippen MR) is 104 cm³/mol. The van der Waals surface area contributed by atoms with Gasteiger partial charge < -0.3 is 24.3 Å². The lowest BCUT2D eigenvalue weighted by molar-refractivity contribution is -0.238. The Labute approximate surface area is 187 Å². The van der Waals surface area contributed by atoms with Gasteiger partial charge in [0, 0.05) is 20.3 Å². The number of carbonyl (C=O) groups excluding carboxylic acids is 5. The maximum Gasteiger partial charge on any atom is 0.408 e. The molecule has 0 aliphatic carbocycles. The van der Waals surface area contributed by atoms with Gasteiger partial charge in [0.2, 0.25) is 9.71 Å². The van der Waals surface area contributed by atoms with Crippen LogP contribution in [0.2, 0.25) is 0 Å². The second-order valence-electron chi connectivity index (χ2n) is 7.77. The lowest BCUT2D eigenvalue weighted by atomic mass is 9.97. The number of halogens is 3. The molecule has 0 bridgehead atoms. The van der Waals surface area contributed by atoms with Gasteiger partial charge in [0.25, 0.3) is 5.79 Å². The van der Waals surface area contributed by atoms with E-state index in [1.807, 2.05) is 0 Å². The van der Waals surface area contributed by atoms with Crippen LogP contribution < -0.4 is 5.32 Å². The summed E-state index contributed by atoms with van der Waals surface area (Å²) in [6, 6.07) is -1.64. The lowest BCUT2D eigenvalue weighted by Crippen LogP contribution is -2.51. The van der Waals surface area contributed by atoms with Crippen LogP contribution in [-0.4, -0.2) is 57.6 Å². The molecule has 0 aromatic carbocycles. The van der Waals surface area contributed by atoms with Crippen molar-refractivity contribution in [1.82, 2.24) is 5.32 Å². The number of esters is 3. The molecular formula is C17H22Cl3NO9. The summed E-state index contributed by atoms with van der Waals surface area (Å²) in [5, 5.41) is 2.14. The van der Waals surface area contributed by atoms with E-state index >= 15 is 0 Å². The third kappa shape index (κ3) is 8.93. The van der Waals surface area contributed by atoms with Crippen molar-refractivity contribution in [2.24, 2.45) is 5.92 Å². The quantitative estimate of drug-likeness (QED) is 0.257. The molecule has 0 aromatic rings. The minimum absolute atomic E-state index is 0.682. The zero-order valence-electron chi connectivity index (χ0n) is 16.9. The first kappa shape index (κ1) is 26.3. The molecular weight excluding hydrogens is 469 g/mol. The maximum atomic E-state index is 12.5. The minimum atomic E-state index is -1.95. The molecule has 1 fully saturated rings. The summed E-state index contributed by atoms with van der Waals surface area (Å²) < 4.78 is 17.6. The number of ether oxygens (including phenoxy) is 4. The van der Waals surface area contributed by atoms with Crippen molar-refractivity contribution >= 4 is 64.6 Å². The van der Waals surface area contributed by atoms with Gasteiger partial charge in [-0.15, -0.1) is 0 Å². The fourth-order valence-corrected chi connectivity index (χ4v) is 2.36. The van der Waals surface area contributed by atoms with Crippen molar-refractivity contribution in [3.63, 3.8) is 0 Å². The number of carbonyl (C=O) groups is 5. The molecule has 0 unspecified atom stereocenters. The summed E-state index contributed by atoms with van der Waals surface area (Å²) in [6.07, 6.45) is -1.87. The molecule has 0 spiro atoms. The van der Waals surface area contributed by atoms with Crippen LogP contribution in [0.4, 0.5) is 4.79 Å². The van der Waals surface area contributed by atoms with E-state index in [0.717, 1.165) is 0 Å². The van der Waals surface area contributed by atoms with Crippen LogP contribution in [0.25, 0.3) is 0 Å². The van der Waals surface area contributed by atoms with Gasteiger partial charge >= 0.3 is 24.0 Å². The van der Waals surface area contributed by atoms with Crippen molar-refractivity contribution in [3.05, 3.63) is 0 Å². The number of ketones is 1. The Bertz CT molecular complexity index is 705. The summed E-state index contributed by atoms with van der Waals surface area (Å²) in [6.45, 7) is 6.66. The van der Waals surface area contributed by atoms with Gasteiger partial charge in [0.1, 0.15) is 18.2 Å². The van der Waals surface area contributed by atoms with E-state index in [1.54, 1.807) is 20.8 Å². The van der Waals surface area contributed by atoms with E-state index in [0.29, 0.717) is 0 Å². The highest BCUT2D eigenvalue weighted by Crippen LogP contribution is 2.27. The molecule has 30 heavy (non-hydrogen) atoms. The Morgan fingerprint density at radius 3 is 2.03 bits per heavy atom. The predicted octanol–water partition coefficient (Wildman–Crippen LogP) is 2.20. The van der Waals surface area contributed by atoms with Crippen LogP contribution in [0, 0.1) is 5.92 Å². The van der Waals surface area contributed by atoms with E-state index in [1.165, 1.54) is 13.8 Å².